The maximum atomic E-state index is 13.3. The zero-order chi connectivity index (χ0) is 18.7. The van der Waals surface area contributed by atoms with Gasteiger partial charge in [-0.25, -0.2) is 9.37 Å². The van der Waals surface area contributed by atoms with Crippen molar-refractivity contribution < 1.29 is 9.13 Å². The molecule has 1 N–H and O–H groups in total. The number of nitrogens with one attached hydrogen (secondary N) is 1. The molecule has 0 aliphatic heterocycles. The molecule has 0 fully saturated rings. The summed E-state index contributed by atoms with van der Waals surface area (Å²) in [6.45, 7) is 0.144. The molecule has 0 saturated carbocycles. The third-order valence-electron chi connectivity index (χ3n) is 3.45. The van der Waals surface area contributed by atoms with Gasteiger partial charge in [0, 0.05) is 0 Å². The Hall–Kier alpha value is -2.61. The van der Waals surface area contributed by atoms with E-state index in [4.69, 9.17) is 11.2 Å². The summed E-state index contributed by atoms with van der Waals surface area (Å²) >= 11 is 6.86. The van der Waals surface area contributed by atoms with Gasteiger partial charge < -0.3 is 9.72 Å². The number of benzene rings is 2. The van der Waals surface area contributed by atoms with Crippen LogP contribution in [0.3, 0.4) is 0 Å². The van der Waals surface area contributed by atoms with E-state index in [1.807, 2.05) is 0 Å². The van der Waals surface area contributed by atoms with Crippen molar-refractivity contribution in [3.05, 3.63) is 56.5 Å². The third kappa shape index (κ3) is 3.80. The molecule has 7 heteroatoms. The van der Waals surface area contributed by atoms with E-state index < -0.39 is 0 Å². The highest BCUT2D eigenvalue weighted by molar-refractivity contribution is 9.11. The highest BCUT2D eigenvalue weighted by Gasteiger charge is 2.11. The molecule has 0 amide bonds. The van der Waals surface area contributed by atoms with Crippen molar-refractivity contribution in [1.29, 1.82) is 5.26 Å². The van der Waals surface area contributed by atoms with Gasteiger partial charge in [0.1, 0.15) is 30.1 Å². The van der Waals surface area contributed by atoms with Crippen LogP contribution >= 0.6 is 31.9 Å². The fourth-order valence-corrected chi connectivity index (χ4v) is 3.79. The molecule has 3 rings (SSSR count). The van der Waals surface area contributed by atoms with Gasteiger partial charge in [-0.2, -0.15) is 5.26 Å². The first-order chi connectivity index (χ1) is 12.5. The van der Waals surface area contributed by atoms with Crippen LogP contribution in [0.4, 0.5) is 4.39 Å². The Bertz CT molecular complexity index is 1080. The number of aromatic amines is 1. The lowest BCUT2D eigenvalue weighted by Crippen LogP contribution is -1.96. The van der Waals surface area contributed by atoms with Crippen molar-refractivity contribution in [1.82, 2.24) is 9.97 Å². The molecule has 0 atom stereocenters. The minimum atomic E-state index is -0.370. The van der Waals surface area contributed by atoms with E-state index in [2.05, 4.69) is 53.8 Å². The second-order valence-electron chi connectivity index (χ2n) is 5.22. The Morgan fingerprint density at radius 3 is 2.69 bits per heavy atom. The van der Waals surface area contributed by atoms with E-state index in [0.717, 1.165) is 5.56 Å². The van der Waals surface area contributed by atoms with Crippen LogP contribution in [0.1, 0.15) is 11.4 Å². The van der Waals surface area contributed by atoms with Crippen LogP contribution in [0.15, 0.2) is 39.3 Å². The van der Waals surface area contributed by atoms with Gasteiger partial charge in [-0.3, -0.25) is 0 Å². The number of aromatic nitrogens is 2. The van der Waals surface area contributed by atoms with Gasteiger partial charge >= 0.3 is 0 Å². The van der Waals surface area contributed by atoms with Gasteiger partial charge in [-0.1, -0.05) is 5.92 Å². The van der Waals surface area contributed by atoms with Gasteiger partial charge in [0.15, 0.2) is 0 Å². The summed E-state index contributed by atoms with van der Waals surface area (Å²) in [6, 6.07) is 9.94. The second kappa shape index (κ2) is 7.74. The topological polar surface area (TPSA) is 61.7 Å². The lowest BCUT2D eigenvalue weighted by Gasteiger charge is -2.09. The van der Waals surface area contributed by atoms with Gasteiger partial charge in [0.05, 0.1) is 25.6 Å². The Labute approximate surface area is 166 Å². The largest absolute Gasteiger partial charge is 0.479 e. The number of halogens is 3. The number of H-pyrrole nitrogens is 1. The van der Waals surface area contributed by atoms with E-state index in [0.29, 0.717) is 37.1 Å². The average molecular weight is 475 g/mol. The molecule has 0 radical (unpaired) electrons. The minimum absolute atomic E-state index is 0.144. The molecule has 0 saturated heterocycles. The maximum Gasteiger partial charge on any atom is 0.149 e. The molecule has 0 bridgehead atoms. The summed E-state index contributed by atoms with van der Waals surface area (Å²) in [5.74, 6) is 2.99. The number of hydrogen-bond donors (Lipinski definition) is 1. The number of nitriles is 1. The van der Waals surface area contributed by atoms with Gasteiger partial charge in [0.2, 0.25) is 0 Å². The molecule has 0 aliphatic rings. The third-order valence-corrected chi connectivity index (χ3v) is 4.63. The number of fused-ring (bicyclic) bond motifs is 1. The van der Waals surface area contributed by atoms with Crippen LogP contribution in [0, 0.1) is 29.5 Å². The molecule has 128 valence electrons. The second-order valence-corrected chi connectivity index (χ2v) is 6.93. The molecule has 3 aromatic rings. The molecule has 0 aliphatic carbocycles. The first kappa shape index (κ1) is 18.2. The molecular formula is C19H10Br2FN3O. The summed E-state index contributed by atoms with van der Waals surface area (Å²) in [6.07, 6.45) is 6.89. The Kier molecular flexibility index (Phi) is 5.41. The Morgan fingerprint density at radius 1 is 1.31 bits per heavy atom. The van der Waals surface area contributed by atoms with E-state index in [-0.39, 0.29) is 12.4 Å². The van der Waals surface area contributed by atoms with E-state index in [1.54, 1.807) is 24.3 Å². The van der Waals surface area contributed by atoms with Crippen LogP contribution < -0.4 is 4.74 Å². The number of terminal acetylenes is 1. The number of ether oxygens (including phenoxy) is 1. The number of rotatable bonds is 4. The van der Waals surface area contributed by atoms with Crippen LogP contribution in [-0.4, -0.2) is 16.6 Å². The molecule has 0 spiro atoms. The normalized spacial score (nSPS) is 11.2. The number of nitrogens with zero attached hydrogens (tertiary/aromatic N) is 2. The molecule has 26 heavy (non-hydrogen) atoms. The zero-order valence-corrected chi connectivity index (χ0v) is 16.4. The quantitative estimate of drug-likeness (QED) is 0.412. The molecule has 0 unspecified atom stereocenters. The van der Waals surface area contributed by atoms with Crippen LogP contribution in [-0.2, 0) is 0 Å². The fourth-order valence-electron chi connectivity index (χ4n) is 2.34. The predicted octanol–water partition coefficient (Wildman–Crippen LogP) is 5.30. The van der Waals surface area contributed by atoms with Crippen molar-refractivity contribution in [2.24, 2.45) is 0 Å². The number of hydrogen-bond acceptors (Lipinski definition) is 3. The van der Waals surface area contributed by atoms with Crippen LogP contribution in [0.25, 0.3) is 22.7 Å². The highest BCUT2D eigenvalue weighted by atomic mass is 79.9. The zero-order valence-electron chi connectivity index (χ0n) is 13.2. The average Bonchev–Trinajstić information content (AvgIpc) is 3.01. The van der Waals surface area contributed by atoms with Crippen molar-refractivity contribution in [2.45, 2.75) is 0 Å². The molecule has 1 heterocycles. The summed E-state index contributed by atoms with van der Waals surface area (Å²) in [7, 11) is 0. The van der Waals surface area contributed by atoms with Crippen molar-refractivity contribution in [3.63, 3.8) is 0 Å². The van der Waals surface area contributed by atoms with Crippen LogP contribution in [0.2, 0.25) is 0 Å². The Morgan fingerprint density at radius 2 is 2.04 bits per heavy atom. The van der Waals surface area contributed by atoms with Gasteiger partial charge in [-0.05, 0) is 73.8 Å². The standard InChI is InChI=1S/C19H10Br2FN3O/c1-2-5-26-18-14(20)7-11(8-15(18)21)6-12(10-23)19-24-16-4-3-13(22)9-17(16)25-19/h1,3-4,6-9H,5H2,(H,24,25)/b12-6-. The van der Waals surface area contributed by atoms with Gasteiger partial charge in [0.25, 0.3) is 0 Å². The van der Waals surface area contributed by atoms with Gasteiger partial charge in [-0.15, -0.1) is 6.42 Å². The van der Waals surface area contributed by atoms with Crippen molar-refractivity contribution in [2.75, 3.05) is 6.61 Å². The van der Waals surface area contributed by atoms with E-state index in [9.17, 15) is 9.65 Å². The first-order valence-electron chi connectivity index (χ1n) is 7.34. The summed E-state index contributed by atoms with van der Waals surface area (Å²) in [4.78, 5) is 7.30. The SMILES string of the molecule is C#CCOc1c(Br)cc(/C=C(/C#N)c2nc3ccc(F)cc3[nH]2)cc1Br. The van der Waals surface area contributed by atoms with Crippen molar-refractivity contribution >= 4 is 54.5 Å². The smallest absolute Gasteiger partial charge is 0.149 e. The lowest BCUT2D eigenvalue weighted by molar-refractivity contribution is 0.365. The van der Waals surface area contributed by atoms with Crippen LogP contribution in [0.5, 0.6) is 5.75 Å². The number of allylic oxidation sites excluding steroid dienone is 1. The number of imidazole rings is 1. The van der Waals surface area contributed by atoms with Crippen molar-refractivity contribution in [3.8, 4) is 24.2 Å². The predicted molar refractivity (Wildman–Crippen MR) is 106 cm³/mol. The first-order valence-corrected chi connectivity index (χ1v) is 8.93. The summed E-state index contributed by atoms with van der Waals surface area (Å²) < 4.78 is 20.2. The summed E-state index contributed by atoms with van der Waals surface area (Å²) in [5, 5.41) is 9.51. The van der Waals surface area contributed by atoms with E-state index in [1.165, 1.54) is 12.1 Å². The molecule has 4 nitrogen and oxygen atoms in total. The fraction of sp³-hybridized carbons (Fsp3) is 0.0526. The minimum Gasteiger partial charge on any atom is -0.479 e. The molecular weight excluding hydrogens is 465 g/mol. The van der Waals surface area contributed by atoms with E-state index >= 15 is 0 Å². The molecule has 2 aromatic carbocycles. The summed E-state index contributed by atoms with van der Waals surface area (Å²) in [5.41, 5.74) is 2.18. The molecule has 1 aromatic heterocycles. The highest BCUT2D eigenvalue weighted by Crippen LogP contribution is 2.35. The Balaban J connectivity index is 2.01. The lowest BCUT2D eigenvalue weighted by atomic mass is 10.1. The maximum absolute atomic E-state index is 13.3. The monoisotopic (exact) mass is 473 g/mol.